The van der Waals surface area contributed by atoms with Crippen molar-refractivity contribution in [2.45, 2.75) is 26.2 Å². The van der Waals surface area contributed by atoms with Crippen molar-refractivity contribution in [3.05, 3.63) is 54.2 Å². The van der Waals surface area contributed by atoms with Crippen LogP contribution < -0.4 is 4.74 Å². The molecule has 0 fully saturated rings. The normalized spacial score (nSPS) is 11.2. The van der Waals surface area contributed by atoms with Gasteiger partial charge in [0.25, 0.3) is 0 Å². The van der Waals surface area contributed by atoms with Gasteiger partial charge in [0, 0.05) is 17.8 Å². The first kappa shape index (κ1) is 11.6. The molecular formula is C15H16NO. The van der Waals surface area contributed by atoms with Gasteiger partial charge in [-0.2, -0.15) is 0 Å². The van der Waals surface area contributed by atoms with Crippen LogP contribution in [0.5, 0.6) is 11.6 Å². The Balaban J connectivity index is 2.34. The number of pyridine rings is 1. The van der Waals surface area contributed by atoms with Crippen molar-refractivity contribution in [1.82, 2.24) is 4.98 Å². The SMILES string of the molecule is CC(C)(C)c1ccccc1Oc1[c]cccn1. The first-order valence-corrected chi connectivity index (χ1v) is 5.67. The van der Waals surface area contributed by atoms with Crippen LogP contribution in [0.25, 0.3) is 0 Å². The van der Waals surface area contributed by atoms with Crippen LogP contribution in [0, 0.1) is 6.07 Å². The van der Waals surface area contributed by atoms with Gasteiger partial charge in [-0.25, -0.2) is 4.98 Å². The van der Waals surface area contributed by atoms with Gasteiger partial charge < -0.3 is 4.74 Å². The van der Waals surface area contributed by atoms with Crippen molar-refractivity contribution < 1.29 is 4.74 Å². The van der Waals surface area contributed by atoms with Gasteiger partial charge in [-0.1, -0.05) is 39.0 Å². The van der Waals surface area contributed by atoms with Crippen LogP contribution in [0.15, 0.2) is 42.6 Å². The lowest BCUT2D eigenvalue weighted by molar-refractivity contribution is 0.439. The Morgan fingerprint density at radius 2 is 1.88 bits per heavy atom. The summed E-state index contributed by atoms with van der Waals surface area (Å²) in [5.74, 6) is 1.35. The number of nitrogens with zero attached hydrogens (tertiary/aromatic N) is 1. The molecule has 1 heterocycles. The van der Waals surface area contributed by atoms with Gasteiger partial charge in [0.05, 0.1) is 0 Å². The predicted molar refractivity (Wildman–Crippen MR) is 68.3 cm³/mol. The molecule has 17 heavy (non-hydrogen) atoms. The lowest BCUT2D eigenvalue weighted by Crippen LogP contribution is -2.12. The van der Waals surface area contributed by atoms with Gasteiger partial charge in [-0.05, 0) is 23.6 Å². The van der Waals surface area contributed by atoms with E-state index in [1.807, 2.05) is 24.3 Å². The molecule has 0 spiro atoms. The minimum absolute atomic E-state index is 0.0470. The molecule has 0 aliphatic heterocycles. The zero-order valence-electron chi connectivity index (χ0n) is 10.4. The Labute approximate surface area is 102 Å². The molecule has 0 bridgehead atoms. The first-order valence-electron chi connectivity index (χ1n) is 5.67. The van der Waals surface area contributed by atoms with Crippen LogP contribution in [0.3, 0.4) is 0 Å². The van der Waals surface area contributed by atoms with Gasteiger partial charge in [0.2, 0.25) is 5.88 Å². The molecule has 2 heteroatoms. The van der Waals surface area contributed by atoms with Gasteiger partial charge >= 0.3 is 0 Å². The predicted octanol–water partition coefficient (Wildman–Crippen LogP) is 3.97. The molecular weight excluding hydrogens is 210 g/mol. The van der Waals surface area contributed by atoms with Gasteiger partial charge in [-0.15, -0.1) is 0 Å². The maximum absolute atomic E-state index is 5.77. The third-order valence-corrected chi connectivity index (χ3v) is 2.48. The van der Waals surface area contributed by atoms with Gasteiger partial charge in [-0.3, -0.25) is 0 Å². The van der Waals surface area contributed by atoms with E-state index < -0.39 is 0 Å². The highest BCUT2D eigenvalue weighted by molar-refractivity contribution is 5.40. The number of rotatable bonds is 2. The summed E-state index contributed by atoms with van der Waals surface area (Å²) in [6.45, 7) is 6.49. The Morgan fingerprint density at radius 3 is 2.53 bits per heavy atom. The Morgan fingerprint density at radius 1 is 1.12 bits per heavy atom. The Hall–Kier alpha value is -1.83. The second kappa shape index (κ2) is 4.58. The van der Waals surface area contributed by atoms with E-state index in [0.29, 0.717) is 5.88 Å². The summed E-state index contributed by atoms with van der Waals surface area (Å²) in [6, 6.07) is 14.6. The van der Waals surface area contributed by atoms with Crippen molar-refractivity contribution in [2.24, 2.45) is 0 Å². The number of benzene rings is 1. The molecule has 0 atom stereocenters. The second-order valence-electron chi connectivity index (χ2n) is 4.93. The van der Waals surface area contributed by atoms with Crippen LogP contribution in [-0.4, -0.2) is 4.98 Å². The topological polar surface area (TPSA) is 22.1 Å². The third kappa shape index (κ3) is 2.84. The number of hydrogen-bond acceptors (Lipinski definition) is 2. The molecule has 0 aliphatic rings. The van der Waals surface area contributed by atoms with E-state index in [9.17, 15) is 0 Å². The lowest BCUT2D eigenvalue weighted by Gasteiger charge is -2.22. The van der Waals surface area contributed by atoms with Crippen molar-refractivity contribution >= 4 is 0 Å². The molecule has 0 amide bonds. The molecule has 0 unspecified atom stereocenters. The standard InChI is InChI=1S/C15H16NO/c1-15(2,3)12-8-4-5-9-13(12)17-14-10-6-7-11-16-14/h4-9,11H,1-3H3. The van der Waals surface area contributed by atoms with E-state index >= 15 is 0 Å². The van der Waals surface area contributed by atoms with Crippen molar-refractivity contribution in [1.29, 1.82) is 0 Å². The molecule has 1 radical (unpaired) electrons. The van der Waals surface area contributed by atoms with Crippen molar-refractivity contribution in [3.63, 3.8) is 0 Å². The zero-order valence-corrected chi connectivity index (χ0v) is 10.4. The monoisotopic (exact) mass is 226 g/mol. The van der Waals surface area contributed by atoms with Crippen LogP contribution in [0.2, 0.25) is 0 Å². The minimum Gasteiger partial charge on any atom is -0.438 e. The first-order chi connectivity index (χ1) is 8.07. The van der Waals surface area contributed by atoms with Crippen LogP contribution >= 0.6 is 0 Å². The van der Waals surface area contributed by atoms with Crippen molar-refractivity contribution in [3.8, 4) is 11.6 Å². The highest BCUT2D eigenvalue weighted by Crippen LogP contribution is 2.32. The summed E-state index contributed by atoms with van der Waals surface area (Å²) in [5, 5.41) is 0. The van der Waals surface area contributed by atoms with E-state index in [1.165, 1.54) is 5.56 Å². The second-order valence-corrected chi connectivity index (χ2v) is 4.93. The molecule has 2 nitrogen and oxygen atoms in total. The van der Waals surface area contributed by atoms with Crippen molar-refractivity contribution in [2.75, 3.05) is 0 Å². The molecule has 0 saturated carbocycles. The Bertz CT molecular complexity index is 486. The fourth-order valence-electron chi connectivity index (χ4n) is 1.65. The van der Waals surface area contributed by atoms with Crippen LogP contribution in [-0.2, 0) is 5.41 Å². The molecule has 0 aliphatic carbocycles. The molecule has 1 aromatic heterocycles. The third-order valence-electron chi connectivity index (χ3n) is 2.48. The largest absolute Gasteiger partial charge is 0.438 e. The number of hydrogen-bond donors (Lipinski definition) is 0. The molecule has 2 aromatic rings. The van der Waals surface area contributed by atoms with E-state index in [2.05, 4.69) is 37.9 Å². The summed E-state index contributed by atoms with van der Waals surface area (Å²) in [4.78, 5) is 4.12. The number of ether oxygens (including phenoxy) is 1. The fourth-order valence-corrected chi connectivity index (χ4v) is 1.65. The fraction of sp³-hybridized carbons (Fsp3) is 0.267. The van der Waals surface area contributed by atoms with E-state index in [4.69, 9.17) is 4.74 Å². The average Bonchev–Trinajstić information content (AvgIpc) is 2.30. The maximum atomic E-state index is 5.77. The minimum atomic E-state index is 0.0470. The smallest absolute Gasteiger partial charge is 0.227 e. The van der Waals surface area contributed by atoms with Gasteiger partial charge in [0.1, 0.15) is 5.75 Å². The molecule has 1 aromatic carbocycles. The quantitative estimate of drug-likeness (QED) is 0.773. The summed E-state index contributed by atoms with van der Waals surface area (Å²) in [7, 11) is 0. The molecule has 2 rings (SSSR count). The zero-order chi connectivity index (χ0) is 12.3. The molecule has 0 saturated heterocycles. The van der Waals surface area contributed by atoms with E-state index in [-0.39, 0.29) is 5.41 Å². The van der Waals surface area contributed by atoms with Crippen LogP contribution in [0.4, 0.5) is 0 Å². The summed E-state index contributed by atoms with van der Waals surface area (Å²) >= 11 is 0. The number of aromatic nitrogens is 1. The number of para-hydroxylation sites is 1. The summed E-state index contributed by atoms with van der Waals surface area (Å²) < 4.78 is 5.77. The molecule has 0 N–H and O–H groups in total. The van der Waals surface area contributed by atoms with E-state index in [0.717, 1.165) is 5.75 Å². The van der Waals surface area contributed by atoms with E-state index in [1.54, 1.807) is 12.3 Å². The summed E-state index contributed by atoms with van der Waals surface area (Å²) in [6.07, 6.45) is 1.70. The highest BCUT2D eigenvalue weighted by atomic mass is 16.5. The Kier molecular flexibility index (Phi) is 3.14. The average molecular weight is 226 g/mol. The maximum Gasteiger partial charge on any atom is 0.227 e. The lowest BCUT2D eigenvalue weighted by atomic mass is 9.86. The molecule has 87 valence electrons. The van der Waals surface area contributed by atoms with Crippen LogP contribution in [0.1, 0.15) is 26.3 Å². The highest BCUT2D eigenvalue weighted by Gasteiger charge is 2.18. The van der Waals surface area contributed by atoms with Gasteiger partial charge in [0.15, 0.2) is 0 Å². The summed E-state index contributed by atoms with van der Waals surface area (Å²) in [5.41, 5.74) is 1.21.